The van der Waals surface area contributed by atoms with Crippen LogP contribution < -0.4 is 10.1 Å². The van der Waals surface area contributed by atoms with Crippen LogP contribution in [-0.2, 0) is 6.42 Å². The molecule has 0 spiro atoms. The highest BCUT2D eigenvalue weighted by Crippen LogP contribution is 2.28. The largest absolute Gasteiger partial charge is 0.493 e. The van der Waals surface area contributed by atoms with E-state index in [0.717, 1.165) is 33.4 Å². The Bertz CT molecular complexity index is 1690. The quantitative estimate of drug-likeness (QED) is 0.136. The lowest BCUT2D eigenvalue weighted by Crippen LogP contribution is -2.30. The topological polar surface area (TPSA) is 114 Å². The summed E-state index contributed by atoms with van der Waals surface area (Å²) in [4.78, 5) is 39.2. The molecule has 4 aromatic carbocycles. The monoisotopic (exact) mass is 527 g/mol. The number of H-pyrrole nitrogens is 1. The van der Waals surface area contributed by atoms with Crippen molar-refractivity contribution in [3.8, 4) is 5.75 Å². The van der Waals surface area contributed by atoms with E-state index in [9.17, 15) is 19.7 Å². The minimum absolute atomic E-state index is 0.0621. The van der Waals surface area contributed by atoms with Gasteiger partial charge in [-0.2, -0.15) is 0 Å². The van der Waals surface area contributed by atoms with Gasteiger partial charge in [-0.25, -0.2) is 0 Å². The third kappa shape index (κ3) is 5.21. The molecule has 0 saturated carbocycles. The van der Waals surface area contributed by atoms with Gasteiger partial charge in [-0.15, -0.1) is 0 Å². The molecule has 5 rings (SSSR count). The predicted octanol–water partition coefficient (Wildman–Crippen LogP) is 6.12. The lowest BCUT2D eigenvalue weighted by Gasteiger charge is -2.11. The summed E-state index contributed by atoms with van der Waals surface area (Å²) in [5.41, 5.74) is 2.97. The van der Waals surface area contributed by atoms with Crippen LogP contribution in [0, 0.1) is 10.1 Å². The second kappa shape index (κ2) is 10.7. The molecule has 0 radical (unpaired) electrons. The number of benzene rings is 4. The van der Waals surface area contributed by atoms with E-state index in [4.69, 9.17) is 16.3 Å². The van der Waals surface area contributed by atoms with Crippen molar-refractivity contribution in [2.75, 3.05) is 13.2 Å². The van der Waals surface area contributed by atoms with Gasteiger partial charge in [0.15, 0.2) is 5.78 Å². The highest BCUT2D eigenvalue weighted by molar-refractivity contribution is 6.32. The molecule has 0 saturated heterocycles. The van der Waals surface area contributed by atoms with Gasteiger partial charge in [-0.3, -0.25) is 19.7 Å². The molecule has 0 bridgehead atoms. The van der Waals surface area contributed by atoms with E-state index < -0.39 is 16.6 Å². The molecule has 38 heavy (non-hydrogen) atoms. The summed E-state index contributed by atoms with van der Waals surface area (Å²) in [5.74, 6) is -0.170. The van der Waals surface area contributed by atoms with Crippen molar-refractivity contribution in [3.63, 3.8) is 0 Å². The van der Waals surface area contributed by atoms with Crippen molar-refractivity contribution in [1.82, 2.24) is 10.3 Å². The first kappa shape index (κ1) is 25.0. The Kier molecular flexibility index (Phi) is 7.06. The number of nitrogens with one attached hydrogen (secondary N) is 2. The molecule has 8 nitrogen and oxygen atoms in total. The Morgan fingerprint density at radius 2 is 1.68 bits per heavy atom. The van der Waals surface area contributed by atoms with Crippen molar-refractivity contribution < 1.29 is 19.2 Å². The highest BCUT2D eigenvalue weighted by atomic mass is 35.5. The van der Waals surface area contributed by atoms with E-state index in [-0.39, 0.29) is 22.8 Å². The summed E-state index contributed by atoms with van der Waals surface area (Å²) in [6, 6.07) is 24.9. The van der Waals surface area contributed by atoms with Crippen molar-refractivity contribution in [1.29, 1.82) is 0 Å². The average molecular weight is 528 g/mol. The van der Waals surface area contributed by atoms with Gasteiger partial charge < -0.3 is 15.0 Å². The third-order valence-corrected chi connectivity index (χ3v) is 6.57. The van der Waals surface area contributed by atoms with E-state index in [0.29, 0.717) is 24.3 Å². The predicted molar refractivity (Wildman–Crippen MR) is 146 cm³/mol. The molecule has 0 aliphatic rings. The number of nitrogens with zero attached hydrogens (tertiary/aromatic N) is 1. The number of nitro benzene ring substituents is 1. The highest BCUT2D eigenvalue weighted by Gasteiger charge is 2.18. The van der Waals surface area contributed by atoms with Crippen molar-refractivity contribution in [2.45, 2.75) is 6.42 Å². The summed E-state index contributed by atoms with van der Waals surface area (Å²) >= 11 is 5.81. The number of Topliss-reactive ketones (excluding diaryl/α,β-unsaturated/α-hetero) is 1. The lowest BCUT2D eigenvalue weighted by molar-refractivity contribution is -0.384. The van der Waals surface area contributed by atoms with E-state index in [1.807, 2.05) is 48.5 Å². The number of rotatable bonds is 9. The van der Waals surface area contributed by atoms with Gasteiger partial charge in [0.25, 0.3) is 11.6 Å². The number of halogens is 1. The average Bonchev–Trinajstić information content (AvgIpc) is 3.29. The zero-order chi connectivity index (χ0) is 26.6. The van der Waals surface area contributed by atoms with Crippen LogP contribution in [0.5, 0.6) is 5.75 Å². The van der Waals surface area contributed by atoms with E-state index in [2.05, 4.69) is 16.4 Å². The van der Waals surface area contributed by atoms with Gasteiger partial charge in [0.05, 0.1) is 23.6 Å². The molecule has 0 fully saturated rings. The molecule has 190 valence electrons. The van der Waals surface area contributed by atoms with Crippen LogP contribution in [0.15, 0.2) is 84.9 Å². The smallest absolute Gasteiger partial charge is 0.288 e. The summed E-state index contributed by atoms with van der Waals surface area (Å²) in [6.45, 7) is 0.0381. The van der Waals surface area contributed by atoms with Crippen LogP contribution in [0.1, 0.15) is 26.3 Å². The molecule has 1 aromatic heterocycles. The Labute approximate surface area is 222 Å². The Morgan fingerprint density at radius 3 is 2.53 bits per heavy atom. The first-order valence-electron chi connectivity index (χ1n) is 11.9. The molecule has 1 heterocycles. The first-order valence-corrected chi connectivity index (χ1v) is 12.2. The van der Waals surface area contributed by atoms with E-state index >= 15 is 0 Å². The van der Waals surface area contributed by atoms with E-state index in [1.54, 1.807) is 12.1 Å². The van der Waals surface area contributed by atoms with Crippen molar-refractivity contribution in [2.24, 2.45) is 0 Å². The number of ether oxygens (including phenoxy) is 1. The minimum atomic E-state index is -0.658. The number of para-hydroxylation sites is 1. The van der Waals surface area contributed by atoms with E-state index in [1.165, 1.54) is 12.1 Å². The maximum absolute atomic E-state index is 12.9. The van der Waals surface area contributed by atoms with Crippen LogP contribution >= 0.6 is 11.6 Å². The van der Waals surface area contributed by atoms with Crippen molar-refractivity contribution >= 4 is 50.8 Å². The lowest BCUT2D eigenvalue weighted by atomic mass is 10.0. The molecule has 9 heteroatoms. The molecule has 5 aromatic rings. The maximum Gasteiger partial charge on any atom is 0.288 e. The molecular formula is C29H22ClN3O5. The number of nitro groups is 1. The number of aromatic amines is 1. The molecule has 0 unspecified atom stereocenters. The normalized spacial score (nSPS) is 11.0. The Balaban J connectivity index is 1.21. The van der Waals surface area contributed by atoms with Gasteiger partial charge in [0, 0.05) is 46.0 Å². The fourth-order valence-corrected chi connectivity index (χ4v) is 4.53. The maximum atomic E-state index is 12.9. The van der Waals surface area contributed by atoms with Crippen molar-refractivity contribution in [3.05, 3.63) is 117 Å². The fraction of sp³-hybridized carbons (Fsp3) is 0.103. The molecule has 0 aliphatic carbocycles. The van der Waals surface area contributed by atoms with Gasteiger partial charge in [0.1, 0.15) is 10.8 Å². The molecule has 2 N–H and O–H groups in total. The number of hydrogen-bond donors (Lipinski definition) is 2. The van der Waals surface area contributed by atoms with Crippen LogP contribution in [-0.4, -0.2) is 34.7 Å². The van der Waals surface area contributed by atoms with Gasteiger partial charge >= 0.3 is 0 Å². The number of hydrogen-bond acceptors (Lipinski definition) is 5. The molecule has 0 aliphatic heterocycles. The molecular weight excluding hydrogens is 506 g/mol. The minimum Gasteiger partial charge on any atom is -0.493 e. The van der Waals surface area contributed by atoms with Gasteiger partial charge in [0.2, 0.25) is 0 Å². The third-order valence-electron chi connectivity index (χ3n) is 6.25. The second-order valence-electron chi connectivity index (χ2n) is 8.66. The number of aromatic nitrogens is 1. The second-order valence-corrected chi connectivity index (χ2v) is 9.07. The van der Waals surface area contributed by atoms with Crippen LogP contribution in [0.3, 0.4) is 0 Å². The van der Waals surface area contributed by atoms with Gasteiger partial charge in [-0.1, -0.05) is 48.0 Å². The standard InChI is InChI=1S/C29H22ClN3O5/c30-24-12-9-19(15-27(24)33(36)37)28(34)17-31-29(35)21-6-2-1-5-18(21)13-14-38-20-10-11-23-22-7-3-4-8-25(22)32-26(23)16-20/h1-12,15-16,32H,13-14,17H2,(H,31,35). The first-order chi connectivity index (χ1) is 18.4. The molecule has 0 atom stereocenters. The molecule has 1 amide bonds. The number of carbonyl (C=O) groups is 2. The van der Waals surface area contributed by atoms with Crippen LogP contribution in [0.25, 0.3) is 21.8 Å². The SMILES string of the molecule is O=C(CNC(=O)c1ccccc1CCOc1ccc2c(c1)[nH]c1ccccc12)c1ccc(Cl)c([N+](=O)[O-])c1. The number of carbonyl (C=O) groups excluding carboxylic acids is 2. The number of ketones is 1. The summed E-state index contributed by atoms with van der Waals surface area (Å²) < 4.78 is 5.97. The zero-order valence-electron chi connectivity index (χ0n) is 20.1. The summed E-state index contributed by atoms with van der Waals surface area (Å²) in [6.07, 6.45) is 0.478. The van der Waals surface area contributed by atoms with Gasteiger partial charge in [-0.05, 0) is 42.0 Å². The Hall–Kier alpha value is -4.69. The van der Waals surface area contributed by atoms with Crippen LogP contribution in [0.2, 0.25) is 5.02 Å². The fourth-order valence-electron chi connectivity index (χ4n) is 4.35. The summed E-state index contributed by atoms with van der Waals surface area (Å²) in [7, 11) is 0. The van der Waals surface area contributed by atoms with Crippen LogP contribution in [0.4, 0.5) is 5.69 Å². The number of fused-ring (bicyclic) bond motifs is 3. The zero-order valence-corrected chi connectivity index (χ0v) is 20.8. The number of amides is 1. The Morgan fingerprint density at radius 1 is 0.921 bits per heavy atom. The summed E-state index contributed by atoms with van der Waals surface area (Å²) in [5, 5.41) is 15.9.